The number of carbonyl (C=O) groups is 1. The van der Waals surface area contributed by atoms with Crippen LogP contribution in [0.4, 0.5) is 0 Å². The lowest BCUT2D eigenvalue weighted by molar-refractivity contribution is -0.127. The molecule has 0 bridgehead atoms. The maximum absolute atomic E-state index is 12.4. The molecule has 2 aromatic heterocycles. The molecule has 1 fully saturated rings. The predicted molar refractivity (Wildman–Crippen MR) is 93.7 cm³/mol. The Balaban J connectivity index is 1.87. The topological polar surface area (TPSA) is 73.0 Å². The first-order chi connectivity index (χ1) is 12.1. The second-order valence-corrected chi connectivity index (χ2v) is 6.31. The standard InChI is InChI=1S/C18H19N5O2/c1-3-22-10-12(8-17(22)25)18-19-11-20-23(18)15-9-16(24)21(2)14-7-5-4-6-13(14)15/h4-7,9,11-12H,3,8,10H2,1-2H3/t12-/m1/s1. The fraction of sp³-hybridized carbons (Fsp3) is 0.333. The quantitative estimate of drug-likeness (QED) is 0.725. The molecule has 7 nitrogen and oxygen atoms in total. The Bertz CT molecular complexity index is 1020. The van der Waals surface area contributed by atoms with Crippen molar-refractivity contribution in [3.63, 3.8) is 0 Å². The van der Waals surface area contributed by atoms with Crippen molar-refractivity contribution < 1.29 is 4.79 Å². The van der Waals surface area contributed by atoms with E-state index in [2.05, 4.69) is 10.1 Å². The van der Waals surface area contributed by atoms with Crippen molar-refractivity contribution in [3.8, 4) is 5.69 Å². The molecule has 1 aromatic carbocycles. The van der Waals surface area contributed by atoms with Gasteiger partial charge >= 0.3 is 0 Å². The molecule has 0 N–H and O–H groups in total. The first-order valence-corrected chi connectivity index (χ1v) is 8.37. The van der Waals surface area contributed by atoms with Gasteiger partial charge in [0.25, 0.3) is 5.56 Å². The zero-order chi connectivity index (χ0) is 17.6. The highest BCUT2D eigenvalue weighted by Gasteiger charge is 2.33. The summed E-state index contributed by atoms with van der Waals surface area (Å²) in [5.74, 6) is 0.844. The summed E-state index contributed by atoms with van der Waals surface area (Å²) in [6.45, 7) is 3.30. The maximum Gasteiger partial charge on any atom is 0.252 e. The minimum absolute atomic E-state index is 0.0160. The third kappa shape index (κ3) is 2.43. The number of fused-ring (bicyclic) bond motifs is 1. The number of aryl methyl sites for hydroxylation is 1. The number of pyridine rings is 1. The van der Waals surface area contributed by atoms with Crippen molar-refractivity contribution in [2.75, 3.05) is 13.1 Å². The van der Waals surface area contributed by atoms with Gasteiger partial charge in [-0.05, 0) is 13.0 Å². The number of likely N-dealkylation sites (tertiary alicyclic amines) is 1. The monoisotopic (exact) mass is 337 g/mol. The van der Waals surface area contributed by atoms with Crippen molar-refractivity contribution >= 4 is 16.8 Å². The number of likely N-dealkylation sites (N-methyl/N-ethyl adjacent to an activating group) is 1. The van der Waals surface area contributed by atoms with Crippen LogP contribution in [-0.4, -0.2) is 43.2 Å². The molecule has 3 heterocycles. The van der Waals surface area contributed by atoms with Crippen molar-refractivity contribution in [3.05, 3.63) is 52.8 Å². The van der Waals surface area contributed by atoms with E-state index in [1.54, 1.807) is 22.4 Å². The summed E-state index contributed by atoms with van der Waals surface area (Å²) < 4.78 is 3.33. The van der Waals surface area contributed by atoms with Crippen LogP contribution < -0.4 is 5.56 Å². The maximum atomic E-state index is 12.4. The molecule has 1 saturated heterocycles. The molecule has 1 amide bonds. The number of amides is 1. The van der Waals surface area contributed by atoms with E-state index in [9.17, 15) is 9.59 Å². The van der Waals surface area contributed by atoms with Gasteiger partial charge in [-0.2, -0.15) is 5.10 Å². The minimum Gasteiger partial charge on any atom is -0.342 e. The van der Waals surface area contributed by atoms with E-state index in [1.807, 2.05) is 36.1 Å². The summed E-state index contributed by atoms with van der Waals surface area (Å²) >= 11 is 0. The van der Waals surface area contributed by atoms with E-state index in [1.165, 1.54) is 6.33 Å². The zero-order valence-corrected chi connectivity index (χ0v) is 14.2. The van der Waals surface area contributed by atoms with Crippen LogP contribution in [0.3, 0.4) is 0 Å². The van der Waals surface area contributed by atoms with Crippen LogP contribution >= 0.6 is 0 Å². The second-order valence-electron chi connectivity index (χ2n) is 6.31. The normalized spacial score (nSPS) is 17.6. The lowest BCUT2D eigenvalue weighted by atomic mass is 10.1. The van der Waals surface area contributed by atoms with Crippen LogP contribution in [0.5, 0.6) is 0 Å². The molecule has 0 unspecified atom stereocenters. The molecule has 7 heteroatoms. The van der Waals surface area contributed by atoms with Gasteiger partial charge in [0.1, 0.15) is 12.2 Å². The fourth-order valence-electron chi connectivity index (χ4n) is 3.53. The highest BCUT2D eigenvalue weighted by atomic mass is 16.2. The molecule has 1 aliphatic heterocycles. The largest absolute Gasteiger partial charge is 0.342 e. The van der Waals surface area contributed by atoms with Gasteiger partial charge < -0.3 is 9.47 Å². The lowest BCUT2D eigenvalue weighted by Crippen LogP contribution is -2.24. The van der Waals surface area contributed by atoms with Gasteiger partial charge in [-0.3, -0.25) is 9.59 Å². The number of benzene rings is 1. The Hall–Kier alpha value is -2.96. The molecular formula is C18H19N5O2. The minimum atomic E-state index is -0.104. The van der Waals surface area contributed by atoms with Crippen LogP contribution in [0, 0.1) is 0 Å². The summed E-state index contributed by atoms with van der Waals surface area (Å²) in [7, 11) is 1.76. The van der Waals surface area contributed by atoms with Crippen molar-refractivity contribution in [2.24, 2.45) is 7.05 Å². The number of carbonyl (C=O) groups excluding carboxylic acids is 1. The molecular weight excluding hydrogens is 318 g/mol. The molecule has 3 aromatic rings. The Morgan fingerprint density at radius 3 is 2.80 bits per heavy atom. The number of aromatic nitrogens is 4. The SMILES string of the molecule is CCN1C[C@H](c2ncnn2-c2cc(=O)n(C)c3ccccc23)CC1=O. The Kier molecular flexibility index (Phi) is 3.63. The summed E-state index contributed by atoms with van der Waals surface area (Å²) in [4.78, 5) is 30.7. The van der Waals surface area contributed by atoms with Crippen molar-refractivity contribution in [1.29, 1.82) is 0 Å². The van der Waals surface area contributed by atoms with Crippen LogP contribution in [0.2, 0.25) is 0 Å². The number of hydrogen-bond acceptors (Lipinski definition) is 4. The summed E-state index contributed by atoms with van der Waals surface area (Å²) in [5, 5.41) is 5.28. The number of para-hydroxylation sites is 1. The molecule has 0 aliphatic carbocycles. The molecule has 0 radical (unpaired) electrons. The van der Waals surface area contributed by atoms with E-state index < -0.39 is 0 Å². The van der Waals surface area contributed by atoms with E-state index in [0.717, 1.165) is 16.7 Å². The van der Waals surface area contributed by atoms with Crippen LogP contribution in [0.1, 0.15) is 25.1 Å². The zero-order valence-electron chi connectivity index (χ0n) is 14.2. The molecule has 0 saturated carbocycles. The smallest absolute Gasteiger partial charge is 0.252 e. The van der Waals surface area contributed by atoms with Gasteiger partial charge in [-0.15, -0.1) is 0 Å². The van der Waals surface area contributed by atoms with Crippen LogP contribution in [0.15, 0.2) is 41.5 Å². The molecule has 0 spiro atoms. The van der Waals surface area contributed by atoms with Gasteiger partial charge in [0.2, 0.25) is 5.91 Å². The summed E-state index contributed by atoms with van der Waals surface area (Å²) in [5.41, 5.74) is 1.44. The van der Waals surface area contributed by atoms with Gasteiger partial charge in [-0.25, -0.2) is 9.67 Å². The molecule has 128 valence electrons. The average Bonchev–Trinajstić information content (AvgIpc) is 3.24. The Labute approximate surface area is 144 Å². The molecule has 4 rings (SSSR count). The van der Waals surface area contributed by atoms with E-state index >= 15 is 0 Å². The molecule has 1 atom stereocenters. The van der Waals surface area contributed by atoms with Gasteiger partial charge in [0.05, 0.1) is 11.2 Å². The van der Waals surface area contributed by atoms with Crippen molar-refractivity contribution in [1.82, 2.24) is 24.2 Å². The highest BCUT2D eigenvalue weighted by Crippen LogP contribution is 2.29. The summed E-state index contributed by atoms with van der Waals surface area (Å²) in [6, 6.07) is 9.30. The van der Waals surface area contributed by atoms with Gasteiger partial charge in [0.15, 0.2) is 0 Å². The van der Waals surface area contributed by atoms with Gasteiger partial charge in [0, 0.05) is 43.9 Å². The third-order valence-electron chi connectivity index (χ3n) is 4.90. The number of hydrogen-bond donors (Lipinski definition) is 0. The highest BCUT2D eigenvalue weighted by molar-refractivity contribution is 5.87. The fourth-order valence-corrected chi connectivity index (χ4v) is 3.53. The van der Waals surface area contributed by atoms with Crippen LogP contribution in [0.25, 0.3) is 16.6 Å². The van der Waals surface area contributed by atoms with Gasteiger partial charge in [-0.1, -0.05) is 18.2 Å². The number of nitrogens with zero attached hydrogens (tertiary/aromatic N) is 5. The summed E-state index contributed by atoms with van der Waals surface area (Å²) in [6.07, 6.45) is 1.91. The molecule has 1 aliphatic rings. The first-order valence-electron chi connectivity index (χ1n) is 8.37. The lowest BCUT2D eigenvalue weighted by Gasteiger charge is -2.15. The van der Waals surface area contributed by atoms with Crippen molar-refractivity contribution in [2.45, 2.75) is 19.3 Å². The Morgan fingerprint density at radius 2 is 2.04 bits per heavy atom. The Morgan fingerprint density at radius 1 is 1.24 bits per heavy atom. The van der Waals surface area contributed by atoms with E-state index in [-0.39, 0.29) is 17.4 Å². The average molecular weight is 337 g/mol. The van der Waals surface area contributed by atoms with E-state index in [0.29, 0.717) is 25.2 Å². The molecule has 25 heavy (non-hydrogen) atoms. The number of rotatable bonds is 3. The van der Waals surface area contributed by atoms with E-state index in [4.69, 9.17) is 0 Å². The third-order valence-corrected chi connectivity index (χ3v) is 4.90. The predicted octanol–water partition coefficient (Wildman–Crippen LogP) is 1.45. The van der Waals surface area contributed by atoms with Crippen LogP contribution in [-0.2, 0) is 11.8 Å². The second kappa shape index (κ2) is 5.84. The first kappa shape index (κ1) is 15.6.